The third kappa shape index (κ3) is 4.94. The second kappa shape index (κ2) is 6.17. The monoisotopic (exact) mass is 241 g/mol. The van der Waals surface area contributed by atoms with Crippen LogP contribution in [0.4, 0.5) is 0 Å². The molecule has 1 aliphatic heterocycles. The second-order valence-corrected chi connectivity index (χ2v) is 6.64. The molecule has 0 aromatic rings. The number of hydrogen-bond acceptors (Lipinski definition) is 3. The van der Waals surface area contributed by atoms with Gasteiger partial charge in [-0.15, -0.1) is 0 Å². The van der Waals surface area contributed by atoms with Crippen LogP contribution in [0.3, 0.4) is 0 Å². The van der Waals surface area contributed by atoms with Crippen molar-refractivity contribution in [2.24, 2.45) is 5.92 Å². The summed E-state index contributed by atoms with van der Waals surface area (Å²) < 4.78 is 0. The number of likely N-dealkylation sites (N-methyl/N-ethyl adjacent to an activating group) is 1. The predicted molar refractivity (Wildman–Crippen MR) is 75.5 cm³/mol. The molecule has 0 aromatic heterocycles. The van der Waals surface area contributed by atoms with E-state index in [2.05, 4.69) is 56.8 Å². The molecule has 0 aromatic carbocycles. The Kier molecular flexibility index (Phi) is 5.42. The van der Waals surface area contributed by atoms with Crippen LogP contribution < -0.4 is 5.32 Å². The minimum absolute atomic E-state index is 0.323. The Bertz CT molecular complexity index is 226. The van der Waals surface area contributed by atoms with Crippen LogP contribution in [0.1, 0.15) is 34.6 Å². The third-order valence-corrected chi connectivity index (χ3v) is 3.84. The second-order valence-electron chi connectivity index (χ2n) is 6.64. The molecule has 1 heterocycles. The first kappa shape index (κ1) is 14.9. The molecule has 17 heavy (non-hydrogen) atoms. The van der Waals surface area contributed by atoms with Gasteiger partial charge in [-0.05, 0) is 33.4 Å². The summed E-state index contributed by atoms with van der Waals surface area (Å²) in [5, 5.41) is 3.53. The van der Waals surface area contributed by atoms with Gasteiger partial charge in [-0.2, -0.15) is 0 Å². The lowest BCUT2D eigenvalue weighted by atomic mass is 9.98. The standard InChI is InChI=1S/C14H31N3/c1-12(2)15-9-13(3)10-17-8-7-16(6)14(4,5)11-17/h12-13,15H,7-11H2,1-6H3. The van der Waals surface area contributed by atoms with Crippen LogP contribution in [0.2, 0.25) is 0 Å². The molecule has 1 fully saturated rings. The average Bonchev–Trinajstić information content (AvgIpc) is 2.20. The van der Waals surface area contributed by atoms with Gasteiger partial charge in [0.1, 0.15) is 0 Å². The van der Waals surface area contributed by atoms with E-state index in [0.29, 0.717) is 11.6 Å². The van der Waals surface area contributed by atoms with Gasteiger partial charge in [0.15, 0.2) is 0 Å². The van der Waals surface area contributed by atoms with Gasteiger partial charge in [-0.3, -0.25) is 9.80 Å². The third-order valence-electron chi connectivity index (χ3n) is 3.84. The molecular formula is C14H31N3. The minimum atomic E-state index is 0.323. The Morgan fingerprint density at radius 2 is 1.82 bits per heavy atom. The van der Waals surface area contributed by atoms with Crippen molar-refractivity contribution in [1.82, 2.24) is 15.1 Å². The van der Waals surface area contributed by atoms with Crippen molar-refractivity contribution in [2.45, 2.75) is 46.2 Å². The maximum atomic E-state index is 3.53. The lowest BCUT2D eigenvalue weighted by Gasteiger charge is -2.46. The van der Waals surface area contributed by atoms with Crippen LogP contribution >= 0.6 is 0 Å². The average molecular weight is 241 g/mol. The molecule has 3 nitrogen and oxygen atoms in total. The van der Waals surface area contributed by atoms with Crippen molar-refractivity contribution in [3.63, 3.8) is 0 Å². The van der Waals surface area contributed by atoms with Gasteiger partial charge >= 0.3 is 0 Å². The quantitative estimate of drug-likeness (QED) is 0.789. The van der Waals surface area contributed by atoms with Crippen molar-refractivity contribution >= 4 is 0 Å². The van der Waals surface area contributed by atoms with Gasteiger partial charge in [0, 0.05) is 37.8 Å². The molecule has 1 atom stereocenters. The zero-order chi connectivity index (χ0) is 13.1. The Morgan fingerprint density at radius 1 is 1.18 bits per heavy atom. The van der Waals surface area contributed by atoms with E-state index in [1.165, 1.54) is 26.2 Å². The van der Waals surface area contributed by atoms with E-state index in [1.807, 2.05) is 0 Å². The van der Waals surface area contributed by atoms with Crippen molar-refractivity contribution in [2.75, 3.05) is 39.8 Å². The molecule has 0 radical (unpaired) electrons. The van der Waals surface area contributed by atoms with Crippen molar-refractivity contribution in [1.29, 1.82) is 0 Å². The number of piperazine rings is 1. The molecule has 102 valence electrons. The van der Waals surface area contributed by atoms with E-state index in [4.69, 9.17) is 0 Å². The molecule has 0 saturated carbocycles. The Labute approximate surface area is 108 Å². The highest BCUT2D eigenvalue weighted by Crippen LogP contribution is 2.19. The molecule has 3 heteroatoms. The summed E-state index contributed by atoms with van der Waals surface area (Å²) in [6.07, 6.45) is 0. The largest absolute Gasteiger partial charge is 0.314 e. The molecule has 1 N–H and O–H groups in total. The highest BCUT2D eigenvalue weighted by molar-refractivity contribution is 4.88. The fourth-order valence-corrected chi connectivity index (χ4v) is 2.44. The van der Waals surface area contributed by atoms with E-state index in [0.717, 1.165) is 12.5 Å². The molecule has 0 spiro atoms. The fraction of sp³-hybridized carbons (Fsp3) is 1.00. The van der Waals surface area contributed by atoms with Crippen LogP contribution in [-0.2, 0) is 0 Å². The fourth-order valence-electron chi connectivity index (χ4n) is 2.44. The molecule has 0 bridgehead atoms. The zero-order valence-electron chi connectivity index (χ0n) is 12.6. The Balaban J connectivity index is 2.32. The van der Waals surface area contributed by atoms with Crippen LogP contribution in [0.5, 0.6) is 0 Å². The van der Waals surface area contributed by atoms with Crippen molar-refractivity contribution in [3.8, 4) is 0 Å². The smallest absolute Gasteiger partial charge is 0.0277 e. The summed E-state index contributed by atoms with van der Waals surface area (Å²) in [4.78, 5) is 5.09. The molecule has 1 saturated heterocycles. The summed E-state index contributed by atoms with van der Waals surface area (Å²) in [5.41, 5.74) is 0.323. The molecule has 1 aliphatic rings. The molecule has 1 unspecified atom stereocenters. The summed E-state index contributed by atoms with van der Waals surface area (Å²) in [6.45, 7) is 17.4. The maximum absolute atomic E-state index is 3.53. The number of rotatable bonds is 5. The highest BCUT2D eigenvalue weighted by Gasteiger charge is 2.31. The first-order chi connectivity index (χ1) is 7.81. The molecule has 1 rings (SSSR count). The van der Waals surface area contributed by atoms with Gasteiger partial charge in [-0.1, -0.05) is 20.8 Å². The number of hydrogen-bond donors (Lipinski definition) is 1. The van der Waals surface area contributed by atoms with Crippen molar-refractivity contribution < 1.29 is 0 Å². The Hall–Kier alpha value is -0.120. The van der Waals surface area contributed by atoms with E-state index >= 15 is 0 Å². The minimum Gasteiger partial charge on any atom is -0.314 e. The van der Waals surface area contributed by atoms with Gasteiger partial charge < -0.3 is 5.32 Å². The normalized spacial score (nSPS) is 24.2. The van der Waals surface area contributed by atoms with Gasteiger partial charge in [0.05, 0.1) is 0 Å². The first-order valence-corrected chi connectivity index (χ1v) is 6.98. The summed E-state index contributed by atoms with van der Waals surface area (Å²) in [5.74, 6) is 0.733. The zero-order valence-corrected chi connectivity index (χ0v) is 12.6. The van der Waals surface area contributed by atoms with E-state index in [-0.39, 0.29) is 0 Å². The maximum Gasteiger partial charge on any atom is 0.0277 e. The van der Waals surface area contributed by atoms with Gasteiger partial charge in [0.2, 0.25) is 0 Å². The number of nitrogens with one attached hydrogen (secondary N) is 1. The van der Waals surface area contributed by atoms with E-state index in [1.54, 1.807) is 0 Å². The van der Waals surface area contributed by atoms with Crippen LogP contribution in [0, 0.1) is 5.92 Å². The molecule has 0 aliphatic carbocycles. The van der Waals surface area contributed by atoms with E-state index in [9.17, 15) is 0 Å². The van der Waals surface area contributed by atoms with Gasteiger partial charge in [0.25, 0.3) is 0 Å². The highest BCUT2D eigenvalue weighted by atomic mass is 15.3. The summed E-state index contributed by atoms with van der Waals surface area (Å²) in [7, 11) is 2.24. The predicted octanol–water partition coefficient (Wildman–Crippen LogP) is 1.65. The first-order valence-electron chi connectivity index (χ1n) is 6.98. The van der Waals surface area contributed by atoms with Crippen molar-refractivity contribution in [3.05, 3.63) is 0 Å². The lowest BCUT2D eigenvalue weighted by Crippen LogP contribution is -2.58. The Morgan fingerprint density at radius 3 is 2.35 bits per heavy atom. The van der Waals surface area contributed by atoms with Crippen LogP contribution in [-0.4, -0.2) is 61.2 Å². The summed E-state index contributed by atoms with van der Waals surface area (Å²) >= 11 is 0. The molecular weight excluding hydrogens is 210 g/mol. The topological polar surface area (TPSA) is 18.5 Å². The SMILES string of the molecule is CC(CNC(C)C)CN1CCN(C)C(C)(C)C1. The molecule has 0 amide bonds. The van der Waals surface area contributed by atoms with Gasteiger partial charge in [-0.25, -0.2) is 0 Å². The van der Waals surface area contributed by atoms with E-state index < -0.39 is 0 Å². The number of nitrogens with zero attached hydrogens (tertiary/aromatic N) is 2. The van der Waals surface area contributed by atoms with Crippen LogP contribution in [0.25, 0.3) is 0 Å². The summed E-state index contributed by atoms with van der Waals surface area (Å²) in [6, 6.07) is 0.599. The lowest BCUT2D eigenvalue weighted by molar-refractivity contribution is 0.0332. The van der Waals surface area contributed by atoms with Crippen LogP contribution in [0.15, 0.2) is 0 Å².